The maximum absolute atomic E-state index is 11.2. The summed E-state index contributed by atoms with van der Waals surface area (Å²) in [5, 5.41) is 19.0. The van der Waals surface area contributed by atoms with Crippen LogP contribution in [0.4, 0.5) is 0 Å². The molecule has 1 radical (unpaired) electrons. The summed E-state index contributed by atoms with van der Waals surface area (Å²) in [7, 11) is 0. The minimum absolute atomic E-state index is 0.253. The van der Waals surface area contributed by atoms with E-state index in [1.165, 1.54) is 0 Å². The molecule has 0 heterocycles. The third kappa shape index (κ3) is 3.16. The Morgan fingerprint density at radius 1 is 1.36 bits per heavy atom. The average Bonchev–Trinajstić information content (AvgIpc) is 2.26. The summed E-state index contributed by atoms with van der Waals surface area (Å²) in [5.74, 6) is -0.530. The van der Waals surface area contributed by atoms with Crippen LogP contribution in [0.25, 0.3) is 0 Å². The van der Waals surface area contributed by atoms with E-state index in [4.69, 9.17) is 9.84 Å². The van der Waals surface area contributed by atoms with E-state index in [1.54, 1.807) is 30.3 Å². The Labute approximate surface area is 81.8 Å². The number of carbonyl (C=O) groups excluding carboxylic acids is 1. The van der Waals surface area contributed by atoms with Crippen molar-refractivity contribution in [3.05, 3.63) is 35.9 Å². The molecule has 1 aromatic carbocycles. The molecule has 0 fully saturated rings. The van der Waals surface area contributed by atoms with Crippen LogP contribution in [0.15, 0.2) is 30.3 Å². The largest absolute Gasteiger partial charge is 0.459 e. The number of carbonyl (C=O) groups is 1. The molecule has 1 unspecified atom stereocenters. The van der Waals surface area contributed by atoms with Crippen LogP contribution in [0.2, 0.25) is 0 Å². The second-order valence-electron chi connectivity index (χ2n) is 2.78. The van der Waals surface area contributed by atoms with Crippen molar-refractivity contribution in [2.75, 3.05) is 13.2 Å². The fourth-order valence-electron chi connectivity index (χ4n) is 0.878. The highest BCUT2D eigenvalue weighted by molar-refractivity contribution is 5.89. The van der Waals surface area contributed by atoms with Crippen molar-refractivity contribution in [2.24, 2.45) is 0 Å². The Kier molecular flexibility index (Phi) is 4.10. The van der Waals surface area contributed by atoms with Crippen LogP contribution in [0.3, 0.4) is 0 Å². The molecule has 0 aromatic heterocycles. The Balaban J connectivity index is 2.44. The van der Waals surface area contributed by atoms with Crippen LogP contribution in [0.1, 0.15) is 10.4 Å². The van der Waals surface area contributed by atoms with E-state index in [0.717, 1.165) is 0 Å². The number of rotatable bonds is 4. The predicted molar refractivity (Wildman–Crippen MR) is 48.3 cm³/mol. The Hall–Kier alpha value is -1.39. The molecule has 14 heavy (non-hydrogen) atoms. The normalized spacial score (nSPS) is 12.1. The first kappa shape index (κ1) is 10.7. The van der Waals surface area contributed by atoms with Crippen molar-refractivity contribution in [1.82, 2.24) is 0 Å². The number of aliphatic hydroxyl groups excluding tert-OH is 1. The van der Waals surface area contributed by atoms with Crippen molar-refractivity contribution in [1.29, 1.82) is 0 Å². The van der Waals surface area contributed by atoms with E-state index in [0.29, 0.717) is 5.56 Å². The van der Waals surface area contributed by atoms with Crippen LogP contribution < -0.4 is 0 Å². The second kappa shape index (κ2) is 5.36. The quantitative estimate of drug-likeness (QED) is 0.717. The van der Waals surface area contributed by atoms with E-state index < -0.39 is 18.7 Å². The molecule has 4 nitrogen and oxygen atoms in total. The summed E-state index contributed by atoms with van der Waals surface area (Å²) in [4.78, 5) is 11.2. The summed E-state index contributed by atoms with van der Waals surface area (Å²) in [5.41, 5.74) is 0.408. The average molecular weight is 195 g/mol. The summed E-state index contributed by atoms with van der Waals surface area (Å²) in [6.45, 7) is -0.917. The van der Waals surface area contributed by atoms with E-state index in [-0.39, 0.29) is 6.61 Å². The molecule has 0 amide bonds. The minimum atomic E-state index is -1.12. The molecule has 0 aliphatic rings. The van der Waals surface area contributed by atoms with Gasteiger partial charge in [-0.3, -0.25) is 0 Å². The lowest BCUT2D eigenvalue weighted by Gasteiger charge is -2.07. The fraction of sp³-hybridized carbons (Fsp3) is 0.300. The molecule has 1 N–H and O–H groups in total. The number of benzene rings is 1. The molecule has 0 saturated carbocycles. The van der Waals surface area contributed by atoms with Gasteiger partial charge in [0, 0.05) is 0 Å². The molecule has 0 bridgehead atoms. The second-order valence-corrected chi connectivity index (χ2v) is 2.78. The Morgan fingerprint density at radius 2 is 2.00 bits per heavy atom. The zero-order valence-electron chi connectivity index (χ0n) is 7.55. The highest BCUT2D eigenvalue weighted by atomic mass is 16.5. The molecule has 0 aliphatic heterocycles. The fourth-order valence-corrected chi connectivity index (χ4v) is 0.878. The van der Waals surface area contributed by atoms with Crippen LogP contribution >= 0.6 is 0 Å². The maximum Gasteiger partial charge on any atom is 0.338 e. The zero-order valence-corrected chi connectivity index (χ0v) is 7.55. The van der Waals surface area contributed by atoms with E-state index in [1.807, 2.05) is 0 Å². The van der Waals surface area contributed by atoms with E-state index in [2.05, 4.69) is 0 Å². The number of aliphatic hydroxyl groups is 1. The van der Waals surface area contributed by atoms with Crippen molar-refractivity contribution in [2.45, 2.75) is 6.10 Å². The molecule has 4 heteroatoms. The van der Waals surface area contributed by atoms with Gasteiger partial charge >= 0.3 is 5.97 Å². The van der Waals surface area contributed by atoms with Gasteiger partial charge in [-0.25, -0.2) is 9.90 Å². The zero-order chi connectivity index (χ0) is 10.4. The number of hydrogen-bond donors (Lipinski definition) is 1. The van der Waals surface area contributed by atoms with Crippen LogP contribution in [-0.2, 0) is 9.84 Å². The molecule has 1 rings (SSSR count). The minimum Gasteiger partial charge on any atom is -0.459 e. The standard InChI is InChI=1S/C10H11O4/c11-6-9(12)7-14-10(13)8-4-2-1-3-5-8/h1-5,9,12H,6-7H2. The molecule has 0 spiro atoms. The summed E-state index contributed by atoms with van der Waals surface area (Å²) in [6.07, 6.45) is -1.12. The Morgan fingerprint density at radius 3 is 2.57 bits per heavy atom. The smallest absolute Gasteiger partial charge is 0.338 e. The highest BCUT2D eigenvalue weighted by Gasteiger charge is 2.09. The molecule has 0 aliphatic carbocycles. The van der Waals surface area contributed by atoms with Crippen molar-refractivity contribution in [3.8, 4) is 0 Å². The van der Waals surface area contributed by atoms with Crippen molar-refractivity contribution in [3.63, 3.8) is 0 Å². The van der Waals surface area contributed by atoms with Gasteiger partial charge in [0.2, 0.25) is 0 Å². The molecular formula is C10H11O4. The number of hydrogen-bond acceptors (Lipinski definition) is 3. The van der Waals surface area contributed by atoms with Crippen molar-refractivity contribution < 1.29 is 19.7 Å². The van der Waals surface area contributed by atoms with Gasteiger partial charge in [0.1, 0.15) is 19.3 Å². The van der Waals surface area contributed by atoms with Crippen LogP contribution in [0.5, 0.6) is 0 Å². The highest BCUT2D eigenvalue weighted by Crippen LogP contribution is 2.01. The van der Waals surface area contributed by atoms with Crippen LogP contribution in [0, 0.1) is 0 Å². The lowest BCUT2D eigenvalue weighted by molar-refractivity contribution is -0.00446. The van der Waals surface area contributed by atoms with Gasteiger partial charge in [-0.15, -0.1) is 0 Å². The van der Waals surface area contributed by atoms with Gasteiger partial charge in [-0.05, 0) is 12.1 Å². The third-order valence-electron chi connectivity index (χ3n) is 1.61. The number of esters is 1. The molecule has 1 aromatic rings. The summed E-state index contributed by atoms with van der Waals surface area (Å²) < 4.78 is 4.69. The first-order valence-electron chi connectivity index (χ1n) is 4.22. The molecule has 1 atom stereocenters. The van der Waals surface area contributed by atoms with Gasteiger partial charge in [0.15, 0.2) is 0 Å². The first-order chi connectivity index (χ1) is 6.74. The van der Waals surface area contributed by atoms with E-state index in [9.17, 15) is 9.90 Å². The van der Waals surface area contributed by atoms with Gasteiger partial charge in [0.05, 0.1) is 5.56 Å². The SMILES string of the molecule is [O]CC(O)COC(=O)c1ccccc1. The van der Waals surface area contributed by atoms with Gasteiger partial charge < -0.3 is 9.84 Å². The van der Waals surface area contributed by atoms with Gasteiger partial charge in [-0.1, -0.05) is 18.2 Å². The van der Waals surface area contributed by atoms with Crippen LogP contribution in [-0.4, -0.2) is 30.4 Å². The summed E-state index contributed by atoms with van der Waals surface area (Å²) in [6, 6.07) is 8.41. The third-order valence-corrected chi connectivity index (χ3v) is 1.61. The topological polar surface area (TPSA) is 66.4 Å². The first-order valence-corrected chi connectivity index (χ1v) is 4.22. The number of ether oxygens (including phenoxy) is 1. The van der Waals surface area contributed by atoms with E-state index >= 15 is 0 Å². The predicted octanol–water partition coefficient (Wildman–Crippen LogP) is 0.635. The maximum atomic E-state index is 11.2. The lowest BCUT2D eigenvalue weighted by Crippen LogP contribution is -2.21. The summed E-state index contributed by atoms with van der Waals surface area (Å²) >= 11 is 0. The molecule has 0 saturated heterocycles. The van der Waals surface area contributed by atoms with Crippen molar-refractivity contribution >= 4 is 5.97 Å². The van der Waals surface area contributed by atoms with Gasteiger partial charge in [0.25, 0.3) is 0 Å². The monoisotopic (exact) mass is 195 g/mol. The molecule has 75 valence electrons. The Bertz CT molecular complexity index is 283. The van der Waals surface area contributed by atoms with Gasteiger partial charge in [-0.2, -0.15) is 0 Å². The lowest BCUT2D eigenvalue weighted by atomic mass is 10.2. The molecular weight excluding hydrogens is 184 g/mol.